The van der Waals surface area contributed by atoms with Gasteiger partial charge in [-0.3, -0.25) is 14.9 Å². The second-order valence-corrected chi connectivity index (χ2v) is 6.85. The molecule has 0 aliphatic carbocycles. The first kappa shape index (κ1) is 23.2. The highest BCUT2D eigenvalue weighted by Gasteiger charge is 2.21. The van der Waals surface area contributed by atoms with Gasteiger partial charge in [0.05, 0.1) is 17.7 Å². The number of carbonyl (C=O) groups is 2. The first-order valence-corrected chi connectivity index (χ1v) is 10.1. The minimum Gasteiger partial charge on any atom is -0.455 e. The van der Waals surface area contributed by atoms with Crippen molar-refractivity contribution in [2.75, 3.05) is 6.61 Å². The number of ether oxygens (including phenoxy) is 1. The molecule has 2 amide bonds. The second kappa shape index (κ2) is 11.2. The van der Waals surface area contributed by atoms with Crippen LogP contribution in [-0.4, -0.2) is 35.8 Å². The van der Waals surface area contributed by atoms with Crippen molar-refractivity contribution >= 4 is 23.9 Å². The predicted octanol–water partition coefficient (Wildman–Crippen LogP) is 3.66. The molecule has 33 heavy (non-hydrogen) atoms. The Labute approximate surface area is 189 Å². The van der Waals surface area contributed by atoms with Gasteiger partial charge in [-0.1, -0.05) is 30.3 Å². The summed E-state index contributed by atoms with van der Waals surface area (Å²) in [5, 5.41) is 17.2. The molecule has 0 aliphatic heterocycles. The monoisotopic (exact) mass is 450 g/mol. The molecule has 2 N–H and O–H groups in total. The van der Waals surface area contributed by atoms with Gasteiger partial charge in [0.25, 0.3) is 11.6 Å². The zero-order valence-electron chi connectivity index (χ0n) is 17.8. The first-order chi connectivity index (χ1) is 16.0. The number of hydrazone groups is 1. The number of carbonyl (C=O) groups excluding carboxylic acids is 2. The van der Waals surface area contributed by atoms with Crippen LogP contribution in [0, 0.1) is 10.1 Å². The molecule has 1 heterocycles. The molecule has 0 saturated carbocycles. The summed E-state index contributed by atoms with van der Waals surface area (Å²) < 4.78 is 10.5. The van der Waals surface area contributed by atoms with Crippen molar-refractivity contribution in [1.82, 2.24) is 10.7 Å². The summed E-state index contributed by atoms with van der Waals surface area (Å²) in [4.78, 5) is 34.7. The predicted molar refractivity (Wildman–Crippen MR) is 121 cm³/mol. The Balaban J connectivity index is 1.63. The molecule has 10 heteroatoms. The van der Waals surface area contributed by atoms with Crippen molar-refractivity contribution in [1.29, 1.82) is 0 Å². The molecular weight excluding hydrogens is 428 g/mol. The summed E-state index contributed by atoms with van der Waals surface area (Å²) in [5.74, 6) is 0.329. The maximum Gasteiger partial charge on any atom is 0.407 e. The Hall–Kier alpha value is -4.47. The van der Waals surface area contributed by atoms with Gasteiger partial charge in [-0.15, -0.1) is 0 Å². The number of nitro groups is 1. The molecule has 0 spiro atoms. The number of nitrogens with zero attached hydrogens (tertiary/aromatic N) is 2. The topological polar surface area (TPSA) is 136 Å². The van der Waals surface area contributed by atoms with Crippen LogP contribution in [-0.2, 0) is 16.0 Å². The van der Waals surface area contributed by atoms with E-state index in [1.54, 1.807) is 31.2 Å². The highest BCUT2D eigenvalue weighted by Crippen LogP contribution is 2.24. The van der Waals surface area contributed by atoms with Gasteiger partial charge in [0, 0.05) is 24.1 Å². The van der Waals surface area contributed by atoms with Gasteiger partial charge in [0.1, 0.15) is 17.6 Å². The smallest absolute Gasteiger partial charge is 0.407 e. The van der Waals surface area contributed by atoms with E-state index < -0.39 is 23.0 Å². The van der Waals surface area contributed by atoms with Crippen LogP contribution < -0.4 is 10.7 Å². The molecule has 0 unspecified atom stereocenters. The number of nitro benzene ring substituents is 1. The van der Waals surface area contributed by atoms with E-state index >= 15 is 0 Å². The van der Waals surface area contributed by atoms with E-state index in [2.05, 4.69) is 15.8 Å². The van der Waals surface area contributed by atoms with Crippen LogP contribution in [0.5, 0.6) is 0 Å². The number of hydrogen-bond acceptors (Lipinski definition) is 7. The largest absolute Gasteiger partial charge is 0.455 e. The highest BCUT2D eigenvalue weighted by molar-refractivity contribution is 5.87. The van der Waals surface area contributed by atoms with Crippen LogP contribution >= 0.6 is 0 Å². The van der Waals surface area contributed by atoms with E-state index in [-0.39, 0.29) is 18.7 Å². The van der Waals surface area contributed by atoms with Crippen molar-refractivity contribution in [3.05, 3.63) is 88.2 Å². The first-order valence-electron chi connectivity index (χ1n) is 10.1. The summed E-state index contributed by atoms with van der Waals surface area (Å²) in [5.41, 5.74) is 3.89. The quantitative estimate of drug-likeness (QED) is 0.290. The van der Waals surface area contributed by atoms with E-state index in [1.807, 2.05) is 30.3 Å². The Kier molecular flexibility index (Phi) is 7.90. The third kappa shape index (κ3) is 6.76. The lowest BCUT2D eigenvalue weighted by Crippen LogP contribution is -2.47. The van der Waals surface area contributed by atoms with Crippen molar-refractivity contribution in [2.24, 2.45) is 5.10 Å². The van der Waals surface area contributed by atoms with Gasteiger partial charge < -0.3 is 14.5 Å². The van der Waals surface area contributed by atoms with Gasteiger partial charge in [-0.2, -0.15) is 5.10 Å². The minimum atomic E-state index is -0.893. The zero-order valence-corrected chi connectivity index (χ0v) is 17.8. The molecule has 1 atom stereocenters. The number of nitrogens with one attached hydrogen (secondary N) is 2. The number of furan rings is 1. The Morgan fingerprint density at radius 2 is 1.85 bits per heavy atom. The molecule has 0 bridgehead atoms. The van der Waals surface area contributed by atoms with Crippen molar-refractivity contribution in [3.63, 3.8) is 0 Å². The van der Waals surface area contributed by atoms with E-state index in [9.17, 15) is 19.7 Å². The van der Waals surface area contributed by atoms with E-state index in [0.717, 1.165) is 5.56 Å². The Morgan fingerprint density at radius 3 is 2.52 bits per heavy atom. The second-order valence-electron chi connectivity index (χ2n) is 6.85. The molecule has 3 aromatic rings. The normalized spacial score (nSPS) is 11.7. The summed E-state index contributed by atoms with van der Waals surface area (Å²) >= 11 is 0. The number of benzene rings is 2. The molecule has 0 fully saturated rings. The van der Waals surface area contributed by atoms with Crippen molar-refractivity contribution < 1.29 is 23.7 Å². The van der Waals surface area contributed by atoms with E-state index in [0.29, 0.717) is 17.1 Å². The fraction of sp³-hybridized carbons (Fsp3) is 0.174. The van der Waals surface area contributed by atoms with Crippen molar-refractivity contribution in [2.45, 2.75) is 19.4 Å². The molecule has 0 radical (unpaired) electrons. The molecule has 2 aromatic carbocycles. The van der Waals surface area contributed by atoms with Crippen molar-refractivity contribution in [3.8, 4) is 11.3 Å². The number of hydrogen-bond donors (Lipinski definition) is 2. The lowest BCUT2D eigenvalue weighted by atomic mass is 10.1. The number of rotatable bonds is 9. The SMILES string of the molecule is CCOC(=O)N[C@H](Cc1ccccc1)C(=O)N/N=C\c1ccc(-c2ccc([N+](=O)[O-])cc2)o1. The molecule has 3 rings (SSSR count). The molecule has 10 nitrogen and oxygen atoms in total. The maximum absolute atomic E-state index is 12.6. The van der Waals surface area contributed by atoms with Gasteiger partial charge in [0.15, 0.2) is 0 Å². The average Bonchev–Trinajstić information content (AvgIpc) is 3.28. The standard InChI is InChI=1S/C23H22N4O6/c1-2-32-23(29)25-20(14-16-6-4-3-5-7-16)22(28)26-24-15-19-12-13-21(33-19)17-8-10-18(11-9-17)27(30)31/h3-13,15,20H,2,14H2,1H3,(H,25,29)(H,26,28)/b24-15-/t20-/m1/s1. The Morgan fingerprint density at radius 1 is 1.12 bits per heavy atom. The van der Waals surface area contributed by atoms with Crippen LogP contribution in [0.2, 0.25) is 0 Å². The third-order valence-electron chi connectivity index (χ3n) is 4.52. The van der Waals surface area contributed by atoms with Gasteiger partial charge >= 0.3 is 6.09 Å². The molecule has 0 aliphatic rings. The third-order valence-corrected chi connectivity index (χ3v) is 4.52. The van der Waals surface area contributed by atoms with Crippen LogP contribution in [0.15, 0.2) is 76.2 Å². The molecule has 170 valence electrons. The highest BCUT2D eigenvalue weighted by atomic mass is 16.6. The van der Waals surface area contributed by atoms with Gasteiger partial charge in [-0.05, 0) is 36.8 Å². The number of non-ortho nitro benzene ring substituents is 1. The summed E-state index contributed by atoms with van der Waals surface area (Å²) in [6, 6.07) is 17.6. The lowest BCUT2D eigenvalue weighted by Gasteiger charge is -2.16. The fourth-order valence-corrected chi connectivity index (χ4v) is 2.94. The zero-order chi connectivity index (χ0) is 23.6. The average molecular weight is 450 g/mol. The minimum absolute atomic E-state index is 0.0173. The fourth-order valence-electron chi connectivity index (χ4n) is 2.94. The summed E-state index contributed by atoms with van der Waals surface area (Å²) in [6.45, 7) is 1.85. The lowest BCUT2D eigenvalue weighted by molar-refractivity contribution is -0.384. The summed E-state index contributed by atoms with van der Waals surface area (Å²) in [6.07, 6.45) is 0.874. The molecule has 1 aromatic heterocycles. The van der Waals surface area contributed by atoms with Crippen LogP contribution in [0.25, 0.3) is 11.3 Å². The van der Waals surface area contributed by atoms with Gasteiger partial charge in [0.2, 0.25) is 0 Å². The number of amides is 2. The summed E-state index contributed by atoms with van der Waals surface area (Å²) in [7, 11) is 0. The van der Waals surface area contributed by atoms with Crippen LogP contribution in [0.3, 0.4) is 0 Å². The Bertz CT molecular complexity index is 1130. The van der Waals surface area contributed by atoms with Crippen LogP contribution in [0.1, 0.15) is 18.2 Å². The molecule has 0 saturated heterocycles. The van der Waals surface area contributed by atoms with Gasteiger partial charge in [-0.25, -0.2) is 10.2 Å². The molecular formula is C23H22N4O6. The number of alkyl carbamates (subject to hydrolysis) is 1. The van der Waals surface area contributed by atoms with Crippen LogP contribution in [0.4, 0.5) is 10.5 Å². The van der Waals surface area contributed by atoms with E-state index in [1.165, 1.54) is 18.3 Å². The maximum atomic E-state index is 12.6. The van der Waals surface area contributed by atoms with E-state index in [4.69, 9.17) is 9.15 Å².